The number of halogens is 1. The van der Waals surface area contributed by atoms with E-state index in [1.54, 1.807) is 12.1 Å². The molecule has 1 amide bonds. The molecule has 28 heavy (non-hydrogen) atoms. The number of rotatable bonds is 4. The van der Waals surface area contributed by atoms with Crippen LogP contribution in [0.25, 0.3) is 0 Å². The van der Waals surface area contributed by atoms with Gasteiger partial charge in [-0.3, -0.25) is 4.79 Å². The number of nitrogens with zero attached hydrogens (tertiary/aromatic N) is 1. The van der Waals surface area contributed by atoms with Gasteiger partial charge in [-0.25, -0.2) is 8.42 Å². The first kappa shape index (κ1) is 18.9. The van der Waals surface area contributed by atoms with Crippen LogP contribution in [0.3, 0.4) is 0 Å². The average molecular weight is 423 g/mol. The molecule has 1 aromatic carbocycles. The number of amides is 1. The summed E-state index contributed by atoms with van der Waals surface area (Å²) in [6.45, 7) is 0.394. The van der Waals surface area contributed by atoms with Crippen molar-refractivity contribution in [3.8, 4) is 0 Å². The Bertz CT molecular complexity index is 842. The maximum Gasteiger partial charge on any atom is 0.243 e. The van der Waals surface area contributed by atoms with E-state index in [1.807, 2.05) is 0 Å². The standard InChI is InChI=1S/C21H27ClN2O3S/c22-17-3-5-18(6-4-17)28(26,27)24-7-1-2-19(24)21(25)23-20-15-9-13-8-14(11-15)12-16(20)10-13/h3-6,13-16,19-20H,1-2,7-12H2,(H,23,25). The first-order valence-electron chi connectivity index (χ1n) is 10.5. The maximum absolute atomic E-state index is 13.1. The van der Waals surface area contributed by atoms with E-state index < -0.39 is 16.1 Å². The second kappa shape index (κ2) is 6.99. The highest BCUT2D eigenvalue weighted by atomic mass is 35.5. The molecule has 0 spiro atoms. The molecule has 0 aromatic heterocycles. The third kappa shape index (κ3) is 3.17. The fourth-order valence-corrected chi connectivity index (χ4v) is 8.24. The van der Waals surface area contributed by atoms with E-state index in [2.05, 4.69) is 5.32 Å². The van der Waals surface area contributed by atoms with E-state index >= 15 is 0 Å². The van der Waals surface area contributed by atoms with Crippen LogP contribution >= 0.6 is 11.6 Å². The Kier molecular flexibility index (Phi) is 4.72. The first-order chi connectivity index (χ1) is 13.4. The summed E-state index contributed by atoms with van der Waals surface area (Å²) in [7, 11) is -3.70. The SMILES string of the molecule is O=C(NC1C2CC3CC(C2)CC1C3)C1CCCN1S(=O)(=O)c1ccc(Cl)cc1. The highest BCUT2D eigenvalue weighted by Gasteiger charge is 2.49. The molecule has 5 aliphatic rings. The summed E-state index contributed by atoms with van der Waals surface area (Å²) in [6, 6.07) is 5.83. The Labute approximate surface area is 171 Å². The van der Waals surface area contributed by atoms with Crippen LogP contribution in [-0.2, 0) is 14.8 Å². The van der Waals surface area contributed by atoms with Crippen molar-refractivity contribution >= 4 is 27.5 Å². The molecule has 5 nitrogen and oxygen atoms in total. The van der Waals surface area contributed by atoms with Gasteiger partial charge in [-0.05, 0) is 92.9 Å². The lowest BCUT2D eigenvalue weighted by Crippen LogP contribution is -2.58. The molecule has 4 saturated carbocycles. The Morgan fingerprint density at radius 2 is 1.61 bits per heavy atom. The van der Waals surface area contributed by atoms with Gasteiger partial charge in [-0.1, -0.05) is 11.6 Å². The van der Waals surface area contributed by atoms with Crippen LogP contribution in [0.1, 0.15) is 44.9 Å². The lowest BCUT2D eigenvalue weighted by atomic mass is 9.54. The molecular weight excluding hydrogens is 396 g/mol. The van der Waals surface area contributed by atoms with Gasteiger partial charge in [0.25, 0.3) is 0 Å². The van der Waals surface area contributed by atoms with Crippen molar-refractivity contribution in [3.05, 3.63) is 29.3 Å². The van der Waals surface area contributed by atoms with Crippen molar-refractivity contribution in [3.63, 3.8) is 0 Å². The van der Waals surface area contributed by atoms with E-state index in [0.717, 1.165) is 11.8 Å². The third-order valence-electron chi connectivity index (χ3n) is 7.46. The van der Waals surface area contributed by atoms with E-state index in [0.29, 0.717) is 36.2 Å². The Morgan fingerprint density at radius 1 is 1.00 bits per heavy atom. The summed E-state index contributed by atoms with van der Waals surface area (Å²) in [5, 5.41) is 3.80. The lowest BCUT2D eigenvalue weighted by Gasteiger charge is -2.54. The number of nitrogens with one attached hydrogen (secondary N) is 1. The molecule has 1 aliphatic heterocycles. The van der Waals surface area contributed by atoms with Crippen LogP contribution in [0.2, 0.25) is 5.02 Å². The van der Waals surface area contributed by atoms with Crippen LogP contribution < -0.4 is 5.32 Å². The highest BCUT2D eigenvalue weighted by Crippen LogP contribution is 2.53. The van der Waals surface area contributed by atoms with E-state index in [-0.39, 0.29) is 16.8 Å². The van der Waals surface area contributed by atoms with E-state index in [1.165, 1.54) is 48.5 Å². The molecule has 1 N–H and O–H groups in total. The van der Waals surface area contributed by atoms with Gasteiger partial charge in [0.05, 0.1) is 4.90 Å². The van der Waals surface area contributed by atoms with Crippen molar-refractivity contribution in [2.24, 2.45) is 23.7 Å². The molecule has 1 aromatic rings. The van der Waals surface area contributed by atoms with Crippen molar-refractivity contribution in [2.45, 2.75) is 61.9 Å². The average Bonchev–Trinajstić information content (AvgIpc) is 3.15. The van der Waals surface area contributed by atoms with Crippen LogP contribution in [-0.4, -0.2) is 37.3 Å². The van der Waals surface area contributed by atoms with Crippen LogP contribution in [0.15, 0.2) is 29.2 Å². The van der Waals surface area contributed by atoms with Crippen molar-refractivity contribution in [1.82, 2.24) is 9.62 Å². The Morgan fingerprint density at radius 3 is 2.21 bits per heavy atom. The number of benzene rings is 1. The first-order valence-corrected chi connectivity index (χ1v) is 12.3. The Hall–Kier alpha value is -1.11. The summed E-state index contributed by atoms with van der Waals surface area (Å²) in [5.74, 6) is 2.77. The Balaban J connectivity index is 1.32. The summed E-state index contributed by atoms with van der Waals surface area (Å²) in [5.41, 5.74) is 0. The van der Waals surface area contributed by atoms with Crippen LogP contribution in [0, 0.1) is 23.7 Å². The predicted octanol–water partition coefficient (Wildman–Crippen LogP) is 3.43. The molecular formula is C21H27ClN2O3S. The fraction of sp³-hybridized carbons (Fsp3) is 0.667. The molecule has 4 aliphatic carbocycles. The zero-order valence-corrected chi connectivity index (χ0v) is 17.5. The van der Waals surface area contributed by atoms with Gasteiger partial charge < -0.3 is 5.32 Å². The van der Waals surface area contributed by atoms with Gasteiger partial charge in [0, 0.05) is 17.6 Å². The highest BCUT2D eigenvalue weighted by molar-refractivity contribution is 7.89. The molecule has 0 radical (unpaired) electrons. The number of sulfonamides is 1. The lowest BCUT2D eigenvalue weighted by molar-refractivity contribution is -0.128. The van der Waals surface area contributed by atoms with Crippen molar-refractivity contribution in [1.29, 1.82) is 0 Å². The van der Waals surface area contributed by atoms with Crippen molar-refractivity contribution < 1.29 is 13.2 Å². The maximum atomic E-state index is 13.1. The topological polar surface area (TPSA) is 66.5 Å². The quantitative estimate of drug-likeness (QED) is 0.808. The summed E-state index contributed by atoms with van der Waals surface area (Å²) >= 11 is 5.90. The zero-order valence-electron chi connectivity index (χ0n) is 15.9. The predicted molar refractivity (Wildman–Crippen MR) is 107 cm³/mol. The minimum absolute atomic E-state index is 0.104. The molecule has 1 unspecified atom stereocenters. The summed E-state index contributed by atoms with van der Waals surface area (Å²) in [4.78, 5) is 13.3. The number of carbonyl (C=O) groups is 1. The van der Waals surface area contributed by atoms with Crippen LogP contribution in [0.5, 0.6) is 0 Å². The largest absolute Gasteiger partial charge is 0.351 e. The second-order valence-corrected chi connectivity index (χ2v) is 11.5. The van der Waals surface area contributed by atoms with Gasteiger partial charge in [0.15, 0.2) is 0 Å². The normalized spacial score (nSPS) is 37.3. The van der Waals surface area contributed by atoms with Gasteiger partial charge in [0.2, 0.25) is 15.9 Å². The zero-order chi connectivity index (χ0) is 19.5. The molecule has 6 rings (SSSR count). The number of hydrogen-bond acceptors (Lipinski definition) is 3. The van der Waals surface area contributed by atoms with Gasteiger partial charge >= 0.3 is 0 Å². The molecule has 1 atom stereocenters. The molecule has 5 fully saturated rings. The number of hydrogen-bond donors (Lipinski definition) is 1. The molecule has 1 saturated heterocycles. The molecule has 1 heterocycles. The minimum atomic E-state index is -3.70. The fourth-order valence-electron chi connectivity index (χ4n) is 6.45. The van der Waals surface area contributed by atoms with Gasteiger partial charge in [-0.2, -0.15) is 4.31 Å². The van der Waals surface area contributed by atoms with Gasteiger partial charge in [0.1, 0.15) is 6.04 Å². The third-order valence-corrected chi connectivity index (χ3v) is 9.64. The van der Waals surface area contributed by atoms with Crippen LogP contribution in [0.4, 0.5) is 0 Å². The summed E-state index contributed by atoms with van der Waals surface area (Å²) in [6.07, 6.45) is 7.61. The summed E-state index contributed by atoms with van der Waals surface area (Å²) < 4.78 is 27.6. The van der Waals surface area contributed by atoms with E-state index in [4.69, 9.17) is 11.6 Å². The smallest absolute Gasteiger partial charge is 0.243 e. The molecule has 7 heteroatoms. The minimum Gasteiger partial charge on any atom is -0.351 e. The van der Waals surface area contributed by atoms with Gasteiger partial charge in [-0.15, -0.1) is 0 Å². The second-order valence-electron chi connectivity index (χ2n) is 9.19. The molecule has 152 valence electrons. The monoisotopic (exact) mass is 422 g/mol. The molecule has 4 bridgehead atoms. The number of carbonyl (C=O) groups excluding carboxylic acids is 1. The van der Waals surface area contributed by atoms with Crippen molar-refractivity contribution in [2.75, 3.05) is 6.54 Å². The van der Waals surface area contributed by atoms with E-state index in [9.17, 15) is 13.2 Å².